The molecule has 21 heavy (non-hydrogen) atoms. The highest BCUT2D eigenvalue weighted by molar-refractivity contribution is 5.21. The molecule has 1 aliphatic carbocycles. The molecule has 0 nitrogen and oxygen atoms in total. The van der Waals surface area contributed by atoms with Crippen LogP contribution in [0.5, 0.6) is 0 Å². The average Bonchev–Trinajstić information content (AvgIpc) is 3.01. The van der Waals surface area contributed by atoms with E-state index in [1.807, 2.05) is 0 Å². The molecule has 0 saturated heterocycles. The first kappa shape index (κ1) is 18.5. The van der Waals surface area contributed by atoms with Crippen molar-refractivity contribution in [1.82, 2.24) is 0 Å². The molecule has 0 aromatic heterocycles. The van der Waals surface area contributed by atoms with E-state index in [0.29, 0.717) is 0 Å². The molecule has 0 heteroatoms. The van der Waals surface area contributed by atoms with Gasteiger partial charge in [0.05, 0.1) is 0 Å². The van der Waals surface area contributed by atoms with Crippen LogP contribution in [0.25, 0.3) is 0 Å². The van der Waals surface area contributed by atoms with Crippen LogP contribution in [-0.4, -0.2) is 0 Å². The largest absolute Gasteiger partial charge is 0.0798 e. The van der Waals surface area contributed by atoms with Crippen molar-refractivity contribution >= 4 is 0 Å². The smallest absolute Gasteiger partial charge is 0.00885 e. The Morgan fingerprint density at radius 1 is 0.714 bits per heavy atom. The lowest BCUT2D eigenvalue weighted by atomic mass is 10.0. The zero-order chi connectivity index (χ0) is 15.0. The highest BCUT2D eigenvalue weighted by atomic mass is 14.0. The highest BCUT2D eigenvalue weighted by Gasteiger charge is 1.98. The van der Waals surface area contributed by atoms with Gasteiger partial charge in [-0.2, -0.15) is 0 Å². The molecule has 0 bridgehead atoms. The minimum Gasteiger partial charge on any atom is -0.0798 e. The molecule has 0 aromatic rings. The Hall–Kier alpha value is -0.520. The predicted molar refractivity (Wildman–Crippen MR) is 95.4 cm³/mol. The Balaban J connectivity index is 1.68. The van der Waals surface area contributed by atoms with Gasteiger partial charge in [0.1, 0.15) is 0 Å². The van der Waals surface area contributed by atoms with E-state index in [1.165, 1.54) is 102 Å². The Kier molecular flexibility index (Phi) is 12.7. The maximum Gasteiger partial charge on any atom is -0.00885 e. The van der Waals surface area contributed by atoms with Crippen molar-refractivity contribution in [3.8, 4) is 0 Å². The molecule has 0 N–H and O–H groups in total. The lowest BCUT2D eigenvalue weighted by molar-refractivity contribution is 0.535. The second kappa shape index (κ2) is 14.4. The first-order chi connectivity index (χ1) is 10.4. The van der Waals surface area contributed by atoms with E-state index < -0.39 is 0 Å². The number of allylic oxidation sites excluding steroid dienone is 4. The number of hydrogen-bond acceptors (Lipinski definition) is 0. The van der Waals surface area contributed by atoms with Crippen molar-refractivity contribution in [2.45, 2.75) is 110 Å². The van der Waals surface area contributed by atoms with Crippen LogP contribution in [0.15, 0.2) is 17.7 Å². The van der Waals surface area contributed by atoms with Gasteiger partial charge in [-0.05, 0) is 30.9 Å². The molecule has 0 amide bonds. The molecule has 1 aliphatic rings. The van der Waals surface area contributed by atoms with Crippen molar-refractivity contribution in [2.24, 2.45) is 0 Å². The monoisotopic (exact) mass is 289 g/mol. The van der Waals surface area contributed by atoms with Gasteiger partial charge in [0.15, 0.2) is 0 Å². The predicted octanol–water partition coefficient (Wildman–Crippen LogP) is 7.55. The van der Waals surface area contributed by atoms with Gasteiger partial charge in [-0.25, -0.2) is 0 Å². The summed E-state index contributed by atoms with van der Waals surface area (Å²) in [6, 6.07) is 0. The maximum atomic E-state index is 3.41. The second-order valence-corrected chi connectivity index (χ2v) is 6.65. The zero-order valence-corrected chi connectivity index (χ0v) is 14.5. The Morgan fingerprint density at radius 2 is 1.19 bits per heavy atom. The van der Waals surface area contributed by atoms with E-state index in [-0.39, 0.29) is 0 Å². The van der Waals surface area contributed by atoms with Crippen LogP contribution >= 0.6 is 0 Å². The first-order valence-electron chi connectivity index (χ1n) is 9.69. The average molecular weight is 290 g/mol. The standard InChI is InChI=1S/C21H37/c1-2-3-4-5-6-7-8-9-10-11-12-13-14-15-18-21-19-16-17-20-21/h16,19H,2-15,17-18H2,1H3. The molecule has 0 aromatic carbocycles. The van der Waals surface area contributed by atoms with E-state index in [1.54, 1.807) is 0 Å². The van der Waals surface area contributed by atoms with Crippen LogP contribution in [0.3, 0.4) is 0 Å². The summed E-state index contributed by atoms with van der Waals surface area (Å²) in [6.07, 6.45) is 30.4. The second-order valence-electron chi connectivity index (χ2n) is 6.65. The Labute approximate surface area is 134 Å². The summed E-state index contributed by atoms with van der Waals surface area (Å²) >= 11 is 0. The topological polar surface area (TPSA) is 0 Å². The lowest BCUT2D eigenvalue weighted by Gasteiger charge is -2.03. The summed E-state index contributed by atoms with van der Waals surface area (Å²) < 4.78 is 0. The molecule has 0 fully saturated rings. The third-order valence-electron chi connectivity index (χ3n) is 4.57. The number of hydrogen-bond donors (Lipinski definition) is 0. The summed E-state index contributed by atoms with van der Waals surface area (Å²) in [5.74, 6) is 0. The number of rotatable bonds is 15. The van der Waals surface area contributed by atoms with Gasteiger partial charge in [0, 0.05) is 0 Å². The van der Waals surface area contributed by atoms with Crippen molar-refractivity contribution in [3.05, 3.63) is 23.8 Å². The van der Waals surface area contributed by atoms with Gasteiger partial charge in [0.25, 0.3) is 0 Å². The van der Waals surface area contributed by atoms with Gasteiger partial charge < -0.3 is 0 Å². The van der Waals surface area contributed by atoms with Crippen LogP contribution in [0.4, 0.5) is 0 Å². The molecule has 0 heterocycles. The van der Waals surface area contributed by atoms with E-state index in [4.69, 9.17) is 0 Å². The molecule has 0 spiro atoms. The van der Waals surface area contributed by atoms with Crippen LogP contribution in [0.2, 0.25) is 0 Å². The maximum absolute atomic E-state index is 3.41. The summed E-state index contributed by atoms with van der Waals surface area (Å²) in [5, 5.41) is 0. The minimum absolute atomic E-state index is 1.05. The molecule has 0 aliphatic heterocycles. The van der Waals surface area contributed by atoms with Gasteiger partial charge >= 0.3 is 0 Å². The van der Waals surface area contributed by atoms with Crippen molar-refractivity contribution in [2.75, 3.05) is 0 Å². The van der Waals surface area contributed by atoms with E-state index in [9.17, 15) is 0 Å². The highest BCUT2D eigenvalue weighted by Crippen LogP contribution is 2.17. The fraction of sp³-hybridized carbons (Fsp3) is 0.810. The molecule has 1 rings (SSSR count). The van der Waals surface area contributed by atoms with Gasteiger partial charge in [-0.1, -0.05) is 103 Å². The van der Waals surface area contributed by atoms with Crippen molar-refractivity contribution in [1.29, 1.82) is 0 Å². The van der Waals surface area contributed by atoms with Crippen LogP contribution in [0, 0.1) is 6.08 Å². The molecular weight excluding hydrogens is 252 g/mol. The number of unbranched alkanes of at least 4 members (excludes halogenated alkanes) is 13. The van der Waals surface area contributed by atoms with Crippen molar-refractivity contribution < 1.29 is 0 Å². The summed E-state index contributed by atoms with van der Waals surface area (Å²) in [4.78, 5) is 0. The normalized spacial score (nSPS) is 13.9. The molecule has 0 unspecified atom stereocenters. The SMILES string of the molecule is CCCCCCCCCCCCCCCCC1=[C]CC=C1. The molecular formula is C21H37. The van der Waals surface area contributed by atoms with Crippen LogP contribution in [-0.2, 0) is 0 Å². The van der Waals surface area contributed by atoms with Gasteiger partial charge in [-0.15, -0.1) is 0 Å². The van der Waals surface area contributed by atoms with Crippen molar-refractivity contribution in [3.63, 3.8) is 0 Å². The van der Waals surface area contributed by atoms with Gasteiger partial charge in [-0.3, -0.25) is 0 Å². The fourth-order valence-electron chi connectivity index (χ4n) is 3.13. The molecule has 0 saturated carbocycles. The Bertz CT molecular complexity index is 272. The van der Waals surface area contributed by atoms with Crippen LogP contribution in [0.1, 0.15) is 110 Å². The fourth-order valence-corrected chi connectivity index (χ4v) is 3.13. The van der Waals surface area contributed by atoms with E-state index in [0.717, 1.165) is 6.42 Å². The lowest BCUT2D eigenvalue weighted by Crippen LogP contribution is -1.84. The third-order valence-corrected chi connectivity index (χ3v) is 4.57. The van der Waals surface area contributed by atoms with Gasteiger partial charge in [0.2, 0.25) is 0 Å². The summed E-state index contributed by atoms with van der Waals surface area (Å²) in [7, 11) is 0. The summed E-state index contributed by atoms with van der Waals surface area (Å²) in [6.45, 7) is 2.29. The quantitative estimate of drug-likeness (QED) is 0.273. The Morgan fingerprint density at radius 3 is 1.62 bits per heavy atom. The molecule has 1 radical (unpaired) electrons. The third kappa shape index (κ3) is 11.8. The molecule has 121 valence electrons. The minimum atomic E-state index is 1.05. The van der Waals surface area contributed by atoms with E-state index >= 15 is 0 Å². The van der Waals surface area contributed by atoms with E-state index in [2.05, 4.69) is 25.2 Å². The zero-order valence-electron chi connectivity index (χ0n) is 14.5. The summed E-state index contributed by atoms with van der Waals surface area (Å²) in [5.41, 5.74) is 1.45. The molecule has 0 atom stereocenters. The van der Waals surface area contributed by atoms with Crippen LogP contribution < -0.4 is 0 Å². The first-order valence-corrected chi connectivity index (χ1v) is 9.69.